The second kappa shape index (κ2) is 8.23. The molecule has 0 fully saturated rings. The summed E-state index contributed by atoms with van der Waals surface area (Å²) in [6.45, 7) is 1.65. The number of ether oxygens (including phenoxy) is 3. The van der Waals surface area contributed by atoms with Gasteiger partial charge in [0.25, 0.3) is 5.91 Å². The van der Waals surface area contributed by atoms with Crippen LogP contribution in [0.2, 0.25) is 0 Å². The molecule has 2 aromatic rings. The maximum atomic E-state index is 13.0. The van der Waals surface area contributed by atoms with E-state index in [4.69, 9.17) is 14.2 Å². The molecule has 1 N–H and O–H groups in total. The first-order chi connectivity index (χ1) is 14.9. The van der Waals surface area contributed by atoms with Crippen LogP contribution in [0.4, 0.5) is 5.69 Å². The van der Waals surface area contributed by atoms with Crippen LogP contribution in [-0.4, -0.2) is 42.7 Å². The number of ketones is 1. The molecule has 160 valence electrons. The molecule has 31 heavy (non-hydrogen) atoms. The first-order valence-corrected chi connectivity index (χ1v) is 9.82. The van der Waals surface area contributed by atoms with Crippen molar-refractivity contribution in [3.63, 3.8) is 0 Å². The topological polar surface area (TPSA) is 102 Å². The van der Waals surface area contributed by atoms with Crippen LogP contribution >= 0.6 is 0 Å². The summed E-state index contributed by atoms with van der Waals surface area (Å²) in [6.07, 6.45) is 2.43. The molecule has 8 nitrogen and oxygen atoms in total. The Morgan fingerprint density at radius 1 is 1.19 bits per heavy atom. The van der Waals surface area contributed by atoms with Crippen molar-refractivity contribution in [3.8, 4) is 11.5 Å². The fourth-order valence-corrected chi connectivity index (χ4v) is 3.69. The van der Waals surface area contributed by atoms with Gasteiger partial charge in [-0.1, -0.05) is 30.3 Å². The van der Waals surface area contributed by atoms with Gasteiger partial charge in [-0.25, -0.2) is 0 Å². The van der Waals surface area contributed by atoms with E-state index in [-0.39, 0.29) is 25.5 Å². The number of allylic oxidation sites excluding steroid dienone is 1. The molecule has 0 spiro atoms. The van der Waals surface area contributed by atoms with Crippen molar-refractivity contribution in [1.29, 1.82) is 0 Å². The molecular weight excluding hydrogens is 402 g/mol. The van der Waals surface area contributed by atoms with Crippen molar-refractivity contribution in [2.45, 2.75) is 18.9 Å². The first kappa shape index (κ1) is 20.6. The summed E-state index contributed by atoms with van der Waals surface area (Å²) >= 11 is 0. The largest absolute Gasteiger partial charge is 0.465 e. The lowest BCUT2D eigenvalue weighted by Crippen LogP contribution is -2.43. The minimum Gasteiger partial charge on any atom is -0.465 e. The zero-order chi connectivity index (χ0) is 22.0. The Hall–Kier alpha value is -3.65. The normalized spacial score (nSPS) is 19.0. The van der Waals surface area contributed by atoms with Crippen LogP contribution in [-0.2, 0) is 24.7 Å². The highest BCUT2D eigenvalue weighted by atomic mass is 16.7. The van der Waals surface area contributed by atoms with E-state index in [0.717, 1.165) is 4.90 Å². The Bertz CT molecular complexity index is 1080. The van der Waals surface area contributed by atoms with E-state index >= 15 is 0 Å². The molecule has 1 atom stereocenters. The molecule has 8 heteroatoms. The molecule has 0 unspecified atom stereocenters. The third-order valence-corrected chi connectivity index (χ3v) is 5.12. The van der Waals surface area contributed by atoms with Crippen LogP contribution in [0.3, 0.4) is 0 Å². The Labute approximate surface area is 178 Å². The van der Waals surface area contributed by atoms with Gasteiger partial charge in [-0.3, -0.25) is 19.3 Å². The fourth-order valence-electron chi connectivity index (χ4n) is 3.69. The van der Waals surface area contributed by atoms with E-state index in [1.165, 1.54) is 6.08 Å². The molecule has 0 aliphatic carbocycles. The molecule has 0 saturated carbocycles. The van der Waals surface area contributed by atoms with Crippen molar-refractivity contribution in [1.82, 2.24) is 0 Å². The number of anilines is 1. The molecule has 2 aliphatic rings. The van der Waals surface area contributed by atoms with Gasteiger partial charge in [0.15, 0.2) is 22.9 Å². The molecule has 0 saturated heterocycles. The first-order valence-electron chi connectivity index (χ1n) is 9.82. The van der Waals surface area contributed by atoms with Crippen molar-refractivity contribution in [2.75, 3.05) is 24.8 Å². The summed E-state index contributed by atoms with van der Waals surface area (Å²) in [5, 5.41) is 11.2. The van der Waals surface area contributed by atoms with Crippen LogP contribution in [0.5, 0.6) is 11.5 Å². The van der Waals surface area contributed by atoms with Gasteiger partial charge in [0.1, 0.15) is 6.54 Å². The standard InChI is InChI=1S/C23H21NO7/c1-2-29-21(26)13-24-18-6-4-3-5-17(18)23(28,22(24)27)12-16(25)9-7-15-8-10-19-20(11-15)31-14-30-19/h3-11,28H,2,12-14H2,1H3/b9-7+/t23-/m0/s1. The van der Waals surface area contributed by atoms with Crippen LogP contribution in [0.1, 0.15) is 24.5 Å². The van der Waals surface area contributed by atoms with Crippen LogP contribution in [0, 0.1) is 0 Å². The van der Waals surface area contributed by atoms with Gasteiger partial charge in [-0.2, -0.15) is 0 Å². The predicted molar refractivity (Wildman–Crippen MR) is 111 cm³/mol. The van der Waals surface area contributed by atoms with Crippen LogP contribution in [0.25, 0.3) is 6.08 Å². The molecule has 2 heterocycles. The maximum absolute atomic E-state index is 13.0. The minimum atomic E-state index is -2.06. The average Bonchev–Trinajstić information content (AvgIpc) is 3.30. The van der Waals surface area contributed by atoms with E-state index in [9.17, 15) is 19.5 Å². The van der Waals surface area contributed by atoms with E-state index in [1.54, 1.807) is 55.5 Å². The summed E-state index contributed by atoms with van der Waals surface area (Å²) < 4.78 is 15.5. The lowest BCUT2D eigenvalue weighted by Gasteiger charge is -2.21. The fraction of sp³-hybridized carbons (Fsp3) is 0.261. The summed E-state index contributed by atoms with van der Waals surface area (Å²) in [5.74, 6) is -0.549. The predicted octanol–water partition coefficient (Wildman–Crippen LogP) is 2.19. The lowest BCUT2D eigenvalue weighted by molar-refractivity contribution is -0.145. The van der Waals surface area contributed by atoms with Gasteiger partial charge < -0.3 is 19.3 Å². The zero-order valence-corrected chi connectivity index (χ0v) is 16.9. The highest BCUT2D eigenvalue weighted by Gasteiger charge is 2.51. The Morgan fingerprint density at radius 2 is 1.97 bits per heavy atom. The third-order valence-electron chi connectivity index (χ3n) is 5.12. The van der Waals surface area contributed by atoms with Crippen molar-refractivity contribution in [2.24, 2.45) is 0 Å². The second-order valence-corrected chi connectivity index (χ2v) is 7.16. The van der Waals surface area contributed by atoms with Gasteiger partial charge in [-0.15, -0.1) is 0 Å². The highest BCUT2D eigenvalue weighted by molar-refractivity contribution is 6.11. The van der Waals surface area contributed by atoms with Gasteiger partial charge >= 0.3 is 5.97 Å². The number of carbonyl (C=O) groups excluding carboxylic acids is 3. The van der Waals surface area contributed by atoms with E-state index in [2.05, 4.69) is 0 Å². The smallest absolute Gasteiger partial charge is 0.326 e. The van der Waals surface area contributed by atoms with Gasteiger partial charge in [-0.05, 0) is 36.8 Å². The van der Waals surface area contributed by atoms with Gasteiger partial charge in [0, 0.05) is 5.56 Å². The van der Waals surface area contributed by atoms with Crippen molar-refractivity contribution < 1.29 is 33.7 Å². The van der Waals surface area contributed by atoms with E-state index in [1.807, 2.05) is 0 Å². The highest BCUT2D eigenvalue weighted by Crippen LogP contribution is 2.42. The third kappa shape index (κ3) is 3.89. The minimum absolute atomic E-state index is 0.151. The quantitative estimate of drug-likeness (QED) is 0.538. The monoisotopic (exact) mass is 423 g/mol. The van der Waals surface area contributed by atoms with Crippen molar-refractivity contribution >= 4 is 29.4 Å². The Kier molecular flexibility index (Phi) is 5.48. The number of amides is 1. The number of para-hydroxylation sites is 1. The molecule has 0 bridgehead atoms. The number of hydrogen-bond donors (Lipinski definition) is 1. The summed E-state index contributed by atoms with van der Waals surface area (Å²) in [4.78, 5) is 38.7. The molecule has 0 aromatic heterocycles. The van der Waals surface area contributed by atoms with Gasteiger partial charge in [0.2, 0.25) is 6.79 Å². The van der Waals surface area contributed by atoms with E-state index < -0.39 is 29.7 Å². The second-order valence-electron chi connectivity index (χ2n) is 7.16. The zero-order valence-electron chi connectivity index (χ0n) is 16.9. The number of rotatable bonds is 7. The molecular formula is C23H21NO7. The Balaban J connectivity index is 1.53. The Morgan fingerprint density at radius 3 is 2.77 bits per heavy atom. The summed E-state index contributed by atoms with van der Waals surface area (Å²) in [6, 6.07) is 11.8. The molecule has 4 rings (SSSR count). The lowest BCUT2D eigenvalue weighted by atomic mass is 9.89. The average molecular weight is 423 g/mol. The van der Waals surface area contributed by atoms with Crippen LogP contribution in [0.15, 0.2) is 48.5 Å². The van der Waals surface area contributed by atoms with Crippen molar-refractivity contribution in [3.05, 3.63) is 59.7 Å². The molecule has 0 radical (unpaired) electrons. The number of hydrogen-bond acceptors (Lipinski definition) is 7. The number of fused-ring (bicyclic) bond motifs is 2. The summed E-state index contributed by atoms with van der Waals surface area (Å²) in [7, 11) is 0. The molecule has 2 aromatic carbocycles. The molecule has 1 amide bonds. The molecule has 2 aliphatic heterocycles. The maximum Gasteiger partial charge on any atom is 0.326 e. The number of carbonyl (C=O) groups is 3. The van der Waals surface area contributed by atoms with Crippen LogP contribution < -0.4 is 14.4 Å². The van der Waals surface area contributed by atoms with E-state index in [0.29, 0.717) is 22.7 Å². The SMILES string of the molecule is CCOC(=O)CN1C(=O)[C@](O)(CC(=O)/C=C/c2ccc3c(c2)OCO3)c2ccccc21. The summed E-state index contributed by atoms with van der Waals surface area (Å²) in [5.41, 5.74) is -0.671. The number of benzene rings is 2. The number of esters is 1. The number of aliphatic hydroxyl groups is 1. The number of nitrogens with zero attached hydrogens (tertiary/aromatic N) is 1. The van der Waals surface area contributed by atoms with Gasteiger partial charge in [0.05, 0.1) is 18.7 Å².